The van der Waals surface area contributed by atoms with Crippen molar-refractivity contribution in [3.63, 3.8) is 0 Å². The number of hydrogen-bond donors (Lipinski definition) is 1. The number of nitrogens with one attached hydrogen (secondary N) is 1. The van der Waals surface area contributed by atoms with Gasteiger partial charge in [0.25, 0.3) is 5.91 Å². The molecule has 1 amide bonds. The largest absolute Gasteiger partial charge is 0.387 e. The van der Waals surface area contributed by atoms with E-state index >= 15 is 0 Å². The number of amides is 1. The normalized spacial score (nSPS) is 24.3. The number of nitrogens with zero attached hydrogens (tertiary/aromatic N) is 3. The topological polar surface area (TPSA) is 66.8 Å². The molecular formula is C17H24N4O2. The Bertz CT molecular complexity index is 575. The van der Waals surface area contributed by atoms with Gasteiger partial charge in [-0.2, -0.15) is 0 Å². The SMILES string of the molecule is CCCNC(=O)C1=NO[C@@]2(CCCN(Cc3ccccn3)C2)C1. The van der Waals surface area contributed by atoms with Crippen molar-refractivity contribution in [2.75, 3.05) is 19.6 Å². The fraction of sp³-hybridized carbons (Fsp3) is 0.588. The number of likely N-dealkylation sites (tertiary alicyclic amines) is 1. The molecule has 0 aromatic carbocycles. The molecule has 1 N–H and O–H groups in total. The van der Waals surface area contributed by atoms with Gasteiger partial charge in [0.05, 0.1) is 5.69 Å². The molecule has 6 nitrogen and oxygen atoms in total. The van der Waals surface area contributed by atoms with Crippen LogP contribution in [-0.4, -0.2) is 46.7 Å². The van der Waals surface area contributed by atoms with Gasteiger partial charge in [0, 0.05) is 32.3 Å². The van der Waals surface area contributed by atoms with Crippen molar-refractivity contribution in [3.8, 4) is 0 Å². The Balaban J connectivity index is 1.58. The molecule has 3 heterocycles. The van der Waals surface area contributed by atoms with Gasteiger partial charge in [-0.05, 0) is 37.9 Å². The molecule has 2 aliphatic heterocycles. The molecule has 1 aromatic rings. The van der Waals surface area contributed by atoms with Gasteiger partial charge in [-0.1, -0.05) is 18.1 Å². The first-order valence-corrected chi connectivity index (χ1v) is 8.36. The van der Waals surface area contributed by atoms with Crippen molar-refractivity contribution >= 4 is 11.6 Å². The zero-order valence-electron chi connectivity index (χ0n) is 13.6. The van der Waals surface area contributed by atoms with E-state index in [1.54, 1.807) is 0 Å². The summed E-state index contributed by atoms with van der Waals surface area (Å²) in [6.45, 7) is 5.34. The van der Waals surface area contributed by atoms with Crippen LogP contribution in [0.15, 0.2) is 29.6 Å². The highest BCUT2D eigenvalue weighted by Crippen LogP contribution is 2.33. The van der Waals surface area contributed by atoms with Crippen LogP contribution >= 0.6 is 0 Å². The summed E-state index contributed by atoms with van der Waals surface area (Å²) in [4.78, 5) is 24.5. The number of pyridine rings is 1. The predicted octanol–water partition coefficient (Wildman–Crippen LogP) is 1.72. The molecule has 6 heteroatoms. The van der Waals surface area contributed by atoms with Gasteiger partial charge < -0.3 is 10.2 Å². The molecule has 1 spiro atoms. The molecule has 0 aliphatic carbocycles. The summed E-state index contributed by atoms with van der Waals surface area (Å²) < 4.78 is 0. The van der Waals surface area contributed by atoms with Crippen LogP contribution < -0.4 is 5.32 Å². The Kier molecular flexibility index (Phi) is 4.91. The molecule has 1 saturated heterocycles. The van der Waals surface area contributed by atoms with Crippen LogP contribution in [0.3, 0.4) is 0 Å². The maximum atomic E-state index is 12.1. The van der Waals surface area contributed by atoms with Crippen LogP contribution in [0.4, 0.5) is 0 Å². The highest BCUT2D eigenvalue weighted by molar-refractivity contribution is 6.39. The van der Waals surface area contributed by atoms with Crippen molar-refractivity contribution in [3.05, 3.63) is 30.1 Å². The minimum Gasteiger partial charge on any atom is -0.387 e. The van der Waals surface area contributed by atoms with Gasteiger partial charge in [-0.25, -0.2) is 0 Å². The molecule has 0 saturated carbocycles. The Morgan fingerprint density at radius 3 is 3.17 bits per heavy atom. The lowest BCUT2D eigenvalue weighted by molar-refractivity contribution is -0.114. The first-order valence-electron chi connectivity index (χ1n) is 8.36. The van der Waals surface area contributed by atoms with E-state index < -0.39 is 0 Å². The van der Waals surface area contributed by atoms with E-state index in [4.69, 9.17) is 4.84 Å². The lowest BCUT2D eigenvalue weighted by Crippen LogP contribution is -2.48. The van der Waals surface area contributed by atoms with Crippen LogP contribution in [0.1, 0.15) is 38.3 Å². The van der Waals surface area contributed by atoms with Crippen LogP contribution in [0.25, 0.3) is 0 Å². The summed E-state index contributed by atoms with van der Waals surface area (Å²) in [5, 5.41) is 6.94. The van der Waals surface area contributed by atoms with Crippen molar-refractivity contribution in [2.45, 2.75) is 44.8 Å². The van der Waals surface area contributed by atoms with Crippen molar-refractivity contribution < 1.29 is 9.63 Å². The molecule has 2 aliphatic rings. The summed E-state index contributed by atoms with van der Waals surface area (Å²) in [6, 6.07) is 5.97. The van der Waals surface area contributed by atoms with E-state index in [-0.39, 0.29) is 11.5 Å². The number of rotatable bonds is 5. The van der Waals surface area contributed by atoms with Gasteiger partial charge in [0.2, 0.25) is 0 Å². The molecule has 23 heavy (non-hydrogen) atoms. The lowest BCUT2D eigenvalue weighted by atomic mass is 9.88. The fourth-order valence-electron chi connectivity index (χ4n) is 3.25. The molecule has 1 aromatic heterocycles. The summed E-state index contributed by atoms with van der Waals surface area (Å²) >= 11 is 0. The Morgan fingerprint density at radius 2 is 2.39 bits per heavy atom. The van der Waals surface area contributed by atoms with Gasteiger partial charge in [0.1, 0.15) is 5.71 Å². The van der Waals surface area contributed by atoms with Crippen LogP contribution in [0, 0.1) is 0 Å². The van der Waals surface area contributed by atoms with Crippen molar-refractivity contribution in [1.29, 1.82) is 0 Å². The monoisotopic (exact) mass is 316 g/mol. The third kappa shape index (κ3) is 3.88. The highest BCUT2D eigenvalue weighted by atomic mass is 16.7. The van der Waals surface area contributed by atoms with Gasteiger partial charge >= 0.3 is 0 Å². The Labute approximate surface area is 136 Å². The second-order valence-electron chi connectivity index (χ2n) is 6.38. The summed E-state index contributed by atoms with van der Waals surface area (Å²) in [5.74, 6) is -0.0921. The Morgan fingerprint density at radius 1 is 1.48 bits per heavy atom. The van der Waals surface area contributed by atoms with E-state index in [0.29, 0.717) is 18.7 Å². The number of carbonyl (C=O) groups excluding carboxylic acids is 1. The summed E-state index contributed by atoms with van der Waals surface area (Å²) in [7, 11) is 0. The third-order valence-electron chi connectivity index (χ3n) is 4.37. The summed E-state index contributed by atoms with van der Waals surface area (Å²) in [5.41, 5.74) is 1.24. The molecule has 124 valence electrons. The van der Waals surface area contributed by atoms with E-state index in [9.17, 15) is 4.79 Å². The van der Waals surface area contributed by atoms with Crippen LogP contribution in [-0.2, 0) is 16.2 Å². The van der Waals surface area contributed by atoms with E-state index in [0.717, 1.165) is 44.6 Å². The molecule has 0 unspecified atom stereocenters. The highest BCUT2D eigenvalue weighted by Gasteiger charge is 2.44. The molecule has 1 fully saturated rings. The van der Waals surface area contributed by atoms with Gasteiger partial charge in [-0.15, -0.1) is 0 Å². The molecule has 0 radical (unpaired) electrons. The first kappa shape index (κ1) is 15.9. The number of piperidine rings is 1. The second-order valence-corrected chi connectivity index (χ2v) is 6.38. The van der Waals surface area contributed by atoms with Crippen molar-refractivity contribution in [2.24, 2.45) is 5.16 Å². The van der Waals surface area contributed by atoms with E-state index in [1.165, 1.54) is 0 Å². The summed E-state index contributed by atoms with van der Waals surface area (Å²) in [6.07, 6.45) is 5.33. The Hall–Kier alpha value is -1.95. The average molecular weight is 316 g/mol. The molecule has 1 atom stereocenters. The van der Waals surface area contributed by atoms with Gasteiger partial charge in [-0.3, -0.25) is 14.7 Å². The number of aromatic nitrogens is 1. The number of oxime groups is 1. The predicted molar refractivity (Wildman–Crippen MR) is 87.9 cm³/mol. The van der Waals surface area contributed by atoms with Gasteiger partial charge in [0.15, 0.2) is 5.60 Å². The fourth-order valence-corrected chi connectivity index (χ4v) is 3.25. The first-order chi connectivity index (χ1) is 11.2. The minimum atomic E-state index is -0.341. The lowest BCUT2D eigenvalue weighted by Gasteiger charge is -2.38. The second kappa shape index (κ2) is 7.08. The number of hydrogen-bond acceptors (Lipinski definition) is 5. The molecule has 0 bridgehead atoms. The minimum absolute atomic E-state index is 0.0921. The van der Waals surface area contributed by atoms with Crippen LogP contribution in [0.2, 0.25) is 0 Å². The maximum absolute atomic E-state index is 12.1. The zero-order valence-corrected chi connectivity index (χ0v) is 13.6. The third-order valence-corrected chi connectivity index (χ3v) is 4.37. The zero-order chi connectivity index (χ0) is 16.1. The molecule has 3 rings (SSSR count). The maximum Gasteiger partial charge on any atom is 0.269 e. The molecular weight excluding hydrogens is 292 g/mol. The van der Waals surface area contributed by atoms with Crippen LogP contribution in [0.5, 0.6) is 0 Å². The van der Waals surface area contributed by atoms with Crippen molar-refractivity contribution in [1.82, 2.24) is 15.2 Å². The smallest absolute Gasteiger partial charge is 0.269 e. The number of carbonyl (C=O) groups is 1. The van der Waals surface area contributed by atoms with E-state index in [2.05, 4.69) is 20.4 Å². The standard InChI is InChI=1S/C17H24N4O2/c1-2-8-19-16(22)15-11-17(23-20-15)7-5-10-21(13-17)12-14-6-3-4-9-18-14/h3-4,6,9H,2,5,7-8,10-13H2,1H3,(H,19,22)/t17-/m0/s1. The average Bonchev–Trinajstić information content (AvgIpc) is 2.97. The van der Waals surface area contributed by atoms with E-state index in [1.807, 2.05) is 31.3 Å². The quantitative estimate of drug-likeness (QED) is 0.898.